The molecule has 1 amide bonds. The predicted molar refractivity (Wildman–Crippen MR) is 66.3 cm³/mol. The van der Waals surface area contributed by atoms with Gasteiger partial charge in [-0.05, 0) is 18.4 Å². The van der Waals surface area contributed by atoms with E-state index in [0.717, 1.165) is 6.42 Å². The lowest BCUT2D eigenvalue weighted by Gasteiger charge is -2.12. The number of carbonyl (C=O) groups excluding carboxylic acids is 1. The Morgan fingerprint density at radius 2 is 2.24 bits per heavy atom. The second-order valence-electron chi connectivity index (χ2n) is 4.24. The molecule has 6 heteroatoms. The Morgan fingerprint density at radius 3 is 2.76 bits per heavy atom. The van der Waals surface area contributed by atoms with Gasteiger partial charge in [-0.1, -0.05) is 13.8 Å². The molecule has 0 radical (unpaired) electrons. The fourth-order valence-electron chi connectivity index (χ4n) is 1.36. The van der Waals surface area contributed by atoms with Crippen LogP contribution in [-0.2, 0) is 0 Å². The monoisotopic (exact) mass is 257 g/mol. The zero-order valence-electron chi connectivity index (χ0n) is 9.87. The number of aromatic amines is 1. The highest BCUT2D eigenvalue weighted by atomic mass is 35.5. The number of nitrogens with one attached hydrogen (secondary N) is 2. The zero-order chi connectivity index (χ0) is 12.8. The van der Waals surface area contributed by atoms with Gasteiger partial charge in [-0.3, -0.25) is 9.59 Å². The first-order valence-electron chi connectivity index (χ1n) is 5.47. The third-order valence-electron chi connectivity index (χ3n) is 2.12. The van der Waals surface area contributed by atoms with Gasteiger partial charge in [-0.2, -0.15) is 5.10 Å². The van der Waals surface area contributed by atoms with Crippen LogP contribution in [0.5, 0.6) is 0 Å². The first-order valence-corrected chi connectivity index (χ1v) is 5.90. The van der Waals surface area contributed by atoms with E-state index >= 15 is 0 Å². The Kier molecular flexibility index (Phi) is 5.15. The number of halogens is 1. The van der Waals surface area contributed by atoms with Crippen LogP contribution >= 0.6 is 11.6 Å². The highest BCUT2D eigenvalue weighted by molar-refractivity contribution is 6.20. The molecule has 0 saturated carbocycles. The predicted octanol–water partition coefficient (Wildman–Crippen LogP) is 1.15. The molecule has 1 aromatic rings. The maximum Gasteiger partial charge on any atom is 0.271 e. The number of hydrogen-bond acceptors (Lipinski definition) is 3. The van der Waals surface area contributed by atoms with E-state index in [4.69, 9.17) is 11.6 Å². The lowest BCUT2D eigenvalue weighted by Crippen LogP contribution is -2.31. The molecule has 0 aliphatic carbocycles. The molecular formula is C11H16ClN3O2. The molecule has 5 nitrogen and oxygen atoms in total. The minimum Gasteiger partial charge on any atom is -0.349 e. The molecule has 2 N–H and O–H groups in total. The van der Waals surface area contributed by atoms with Crippen LogP contribution in [0.3, 0.4) is 0 Å². The molecule has 1 rings (SSSR count). The van der Waals surface area contributed by atoms with E-state index in [9.17, 15) is 9.59 Å². The van der Waals surface area contributed by atoms with Gasteiger partial charge in [-0.15, -0.1) is 11.6 Å². The summed E-state index contributed by atoms with van der Waals surface area (Å²) in [6.07, 6.45) is 0.834. The molecule has 94 valence electrons. The smallest absolute Gasteiger partial charge is 0.271 e. The number of hydrogen-bond donors (Lipinski definition) is 2. The first kappa shape index (κ1) is 13.7. The van der Waals surface area contributed by atoms with Gasteiger partial charge in [0.1, 0.15) is 5.69 Å². The normalized spacial score (nSPS) is 12.5. The molecule has 0 bridgehead atoms. The van der Waals surface area contributed by atoms with Gasteiger partial charge >= 0.3 is 0 Å². The molecule has 17 heavy (non-hydrogen) atoms. The topological polar surface area (TPSA) is 74.8 Å². The van der Waals surface area contributed by atoms with E-state index in [1.807, 2.05) is 0 Å². The van der Waals surface area contributed by atoms with E-state index in [2.05, 4.69) is 29.4 Å². The molecule has 0 aliphatic rings. The lowest BCUT2D eigenvalue weighted by molar-refractivity contribution is 0.0947. The van der Waals surface area contributed by atoms with Gasteiger partial charge < -0.3 is 5.32 Å². The zero-order valence-corrected chi connectivity index (χ0v) is 10.6. The molecule has 1 atom stereocenters. The Labute approximate surface area is 105 Å². The van der Waals surface area contributed by atoms with Crippen molar-refractivity contribution in [1.29, 1.82) is 0 Å². The molecule has 1 aromatic heterocycles. The minimum absolute atomic E-state index is 0.0956. The van der Waals surface area contributed by atoms with Crippen LogP contribution in [0.2, 0.25) is 0 Å². The van der Waals surface area contributed by atoms with Crippen molar-refractivity contribution in [2.24, 2.45) is 5.92 Å². The van der Waals surface area contributed by atoms with Crippen LogP contribution < -0.4 is 10.9 Å². The molecular weight excluding hydrogens is 242 g/mol. The summed E-state index contributed by atoms with van der Waals surface area (Å²) < 4.78 is 0. The van der Waals surface area contributed by atoms with Gasteiger partial charge in [0.2, 0.25) is 0 Å². The molecule has 0 saturated heterocycles. The molecule has 0 spiro atoms. The van der Waals surface area contributed by atoms with Crippen molar-refractivity contribution in [2.75, 3.05) is 6.54 Å². The van der Waals surface area contributed by atoms with E-state index in [1.54, 1.807) is 0 Å². The van der Waals surface area contributed by atoms with Crippen LogP contribution in [0.4, 0.5) is 0 Å². The lowest BCUT2D eigenvalue weighted by atomic mass is 10.1. The average molecular weight is 258 g/mol. The van der Waals surface area contributed by atoms with Crippen molar-refractivity contribution in [3.8, 4) is 0 Å². The Balaban J connectivity index is 2.44. The summed E-state index contributed by atoms with van der Waals surface area (Å²) in [4.78, 5) is 22.4. The van der Waals surface area contributed by atoms with E-state index in [-0.39, 0.29) is 22.5 Å². The van der Waals surface area contributed by atoms with Crippen molar-refractivity contribution < 1.29 is 4.79 Å². The number of amides is 1. The standard InChI is InChI=1S/C11H16ClN3O2/c1-7(2)5-8(12)6-13-11(17)9-3-4-10(16)15-14-9/h3-4,7-8H,5-6H2,1-2H3,(H,13,17)(H,15,16). The van der Waals surface area contributed by atoms with E-state index < -0.39 is 0 Å². The number of alkyl halides is 1. The van der Waals surface area contributed by atoms with Crippen LogP contribution in [0.25, 0.3) is 0 Å². The van der Waals surface area contributed by atoms with Crippen molar-refractivity contribution in [3.63, 3.8) is 0 Å². The highest BCUT2D eigenvalue weighted by Gasteiger charge is 2.11. The Morgan fingerprint density at radius 1 is 1.53 bits per heavy atom. The number of rotatable bonds is 5. The van der Waals surface area contributed by atoms with Crippen LogP contribution in [0.1, 0.15) is 30.8 Å². The fourth-order valence-corrected chi connectivity index (χ4v) is 1.79. The second kappa shape index (κ2) is 6.39. The van der Waals surface area contributed by atoms with E-state index in [1.165, 1.54) is 12.1 Å². The Hall–Kier alpha value is -1.36. The number of aromatic nitrogens is 2. The molecule has 0 fully saturated rings. The molecule has 1 heterocycles. The van der Waals surface area contributed by atoms with Crippen molar-refractivity contribution in [2.45, 2.75) is 25.6 Å². The quantitative estimate of drug-likeness (QED) is 0.777. The molecule has 0 aromatic carbocycles. The van der Waals surface area contributed by atoms with Gasteiger partial charge in [0.05, 0.1) is 5.38 Å². The van der Waals surface area contributed by atoms with Crippen LogP contribution in [0, 0.1) is 5.92 Å². The first-order chi connectivity index (χ1) is 7.99. The molecule has 1 unspecified atom stereocenters. The van der Waals surface area contributed by atoms with Gasteiger partial charge in [0, 0.05) is 12.6 Å². The highest BCUT2D eigenvalue weighted by Crippen LogP contribution is 2.09. The summed E-state index contributed by atoms with van der Waals surface area (Å²) in [5.74, 6) is 0.149. The number of nitrogens with zero attached hydrogens (tertiary/aromatic N) is 1. The maximum atomic E-state index is 11.6. The van der Waals surface area contributed by atoms with Gasteiger partial charge in [0.15, 0.2) is 0 Å². The number of carbonyl (C=O) groups is 1. The Bertz CT molecular complexity index is 410. The van der Waals surface area contributed by atoms with Crippen molar-refractivity contribution in [1.82, 2.24) is 15.5 Å². The summed E-state index contributed by atoms with van der Waals surface area (Å²) in [5.41, 5.74) is -0.158. The summed E-state index contributed by atoms with van der Waals surface area (Å²) in [6.45, 7) is 4.53. The summed E-state index contributed by atoms with van der Waals surface area (Å²) >= 11 is 6.04. The third-order valence-corrected chi connectivity index (χ3v) is 2.46. The number of H-pyrrole nitrogens is 1. The van der Waals surface area contributed by atoms with Gasteiger partial charge in [0.25, 0.3) is 11.5 Å². The largest absolute Gasteiger partial charge is 0.349 e. The second-order valence-corrected chi connectivity index (χ2v) is 4.86. The van der Waals surface area contributed by atoms with Crippen molar-refractivity contribution >= 4 is 17.5 Å². The van der Waals surface area contributed by atoms with Crippen LogP contribution in [-0.4, -0.2) is 28.0 Å². The summed E-state index contributed by atoms with van der Waals surface area (Å²) in [7, 11) is 0. The molecule has 0 aliphatic heterocycles. The maximum absolute atomic E-state index is 11.6. The van der Waals surface area contributed by atoms with Crippen LogP contribution in [0.15, 0.2) is 16.9 Å². The van der Waals surface area contributed by atoms with Gasteiger partial charge in [-0.25, -0.2) is 5.10 Å². The van der Waals surface area contributed by atoms with E-state index in [0.29, 0.717) is 12.5 Å². The van der Waals surface area contributed by atoms with Crippen molar-refractivity contribution in [3.05, 3.63) is 28.2 Å². The average Bonchev–Trinajstić information content (AvgIpc) is 2.26. The fraction of sp³-hybridized carbons (Fsp3) is 0.545. The minimum atomic E-state index is -0.337. The SMILES string of the molecule is CC(C)CC(Cl)CNC(=O)c1ccc(=O)[nH]n1. The summed E-state index contributed by atoms with van der Waals surface area (Å²) in [5, 5.41) is 8.40. The summed E-state index contributed by atoms with van der Waals surface area (Å²) in [6, 6.07) is 2.63. The third kappa shape index (κ3) is 4.99.